The molecule has 1 heterocycles. The Bertz CT molecular complexity index is 638. The number of Topliss-reactive ketones (excluding diaryl/α,β-unsaturated/α-hetero) is 1. The summed E-state index contributed by atoms with van der Waals surface area (Å²) in [6.45, 7) is 0. The van der Waals surface area contributed by atoms with Crippen molar-refractivity contribution in [3.63, 3.8) is 0 Å². The molecule has 2 aliphatic rings. The van der Waals surface area contributed by atoms with Gasteiger partial charge in [-0.3, -0.25) is 9.78 Å². The van der Waals surface area contributed by atoms with E-state index in [0.29, 0.717) is 17.5 Å². The lowest BCUT2D eigenvalue weighted by molar-refractivity contribution is 0.0954. The van der Waals surface area contributed by atoms with Crippen LogP contribution in [0, 0.1) is 11.8 Å². The minimum absolute atomic E-state index is 0.125. The topological polar surface area (TPSA) is 42.9 Å². The summed E-state index contributed by atoms with van der Waals surface area (Å²) in [7, 11) is 0. The molecule has 4 rings (SSSR count). The Morgan fingerprint density at radius 1 is 1.21 bits per heavy atom. The Morgan fingerprint density at radius 2 is 2.11 bits per heavy atom. The highest BCUT2D eigenvalue weighted by Crippen LogP contribution is 2.60. The van der Waals surface area contributed by atoms with E-state index in [1.54, 1.807) is 18.6 Å². The second kappa shape index (κ2) is 3.98. The Labute approximate surface area is 111 Å². The van der Waals surface area contributed by atoms with Crippen molar-refractivity contribution in [3.8, 4) is 0 Å². The first-order valence-corrected chi connectivity index (χ1v) is 6.74. The average molecular weight is 250 g/mol. The van der Waals surface area contributed by atoms with Crippen molar-refractivity contribution in [1.82, 2.24) is 9.97 Å². The molecule has 0 saturated heterocycles. The number of carbonyl (C=O) groups excluding carboxylic acids is 1. The van der Waals surface area contributed by atoms with Gasteiger partial charge in [-0.15, -0.1) is 0 Å². The number of aryl methyl sites for hydroxylation is 1. The van der Waals surface area contributed by atoms with Crippen LogP contribution < -0.4 is 0 Å². The van der Waals surface area contributed by atoms with Gasteiger partial charge in [0, 0.05) is 18.3 Å². The molecule has 19 heavy (non-hydrogen) atoms. The van der Waals surface area contributed by atoms with Gasteiger partial charge in [-0.05, 0) is 35.8 Å². The predicted molar refractivity (Wildman–Crippen MR) is 70.8 cm³/mol. The van der Waals surface area contributed by atoms with Crippen LogP contribution in [-0.4, -0.2) is 15.8 Å². The maximum atomic E-state index is 12.5. The number of hydrogen-bond acceptors (Lipinski definition) is 3. The summed E-state index contributed by atoms with van der Waals surface area (Å²) in [5, 5.41) is 0. The van der Waals surface area contributed by atoms with Crippen LogP contribution in [0.1, 0.15) is 34.0 Å². The van der Waals surface area contributed by atoms with Gasteiger partial charge in [0.15, 0.2) is 5.78 Å². The van der Waals surface area contributed by atoms with Gasteiger partial charge >= 0.3 is 0 Å². The van der Waals surface area contributed by atoms with Crippen molar-refractivity contribution >= 4 is 5.78 Å². The Kier molecular flexibility index (Phi) is 2.28. The number of carbonyl (C=O) groups is 1. The Hall–Kier alpha value is -2.03. The summed E-state index contributed by atoms with van der Waals surface area (Å²) in [5.41, 5.74) is 3.30. The fourth-order valence-corrected chi connectivity index (χ4v) is 3.52. The predicted octanol–water partition coefficient (Wildman–Crippen LogP) is 2.64. The molecule has 0 radical (unpaired) electrons. The fourth-order valence-electron chi connectivity index (χ4n) is 3.52. The maximum absolute atomic E-state index is 12.5. The molecule has 2 aliphatic carbocycles. The van der Waals surface area contributed by atoms with E-state index in [0.717, 1.165) is 12.8 Å². The number of ketones is 1. The van der Waals surface area contributed by atoms with Gasteiger partial charge in [-0.2, -0.15) is 0 Å². The van der Waals surface area contributed by atoms with Gasteiger partial charge in [-0.1, -0.05) is 24.3 Å². The first-order valence-electron chi connectivity index (χ1n) is 6.74. The van der Waals surface area contributed by atoms with Crippen molar-refractivity contribution in [3.05, 3.63) is 59.7 Å². The molecule has 94 valence electrons. The largest absolute Gasteiger partial charge is 0.292 e. The summed E-state index contributed by atoms with van der Waals surface area (Å²) in [6, 6.07) is 8.52. The molecule has 0 spiro atoms. The van der Waals surface area contributed by atoms with Crippen molar-refractivity contribution < 1.29 is 4.79 Å². The van der Waals surface area contributed by atoms with Crippen molar-refractivity contribution in [2.45, 2.75) is 18.8 Å². The monoisotopic (exact) mass is 250 g/mol. The van der Waals surface area contributed by atoms with Crippen LogP contribution in [0.2, 0.25) is 0 Å². The molecule has 0 aliphatic heterocycles. The number of hydrogen-bond donors (Lipinski definition) is 0. The number of fused-ring (bicyclic) bond motifs is 3. The van der Waals surface area contributed by atoms with Crippen LogP contribution in [0.25, 0.3) is 0 Å². The van der Waals surface area contributed by atoms with Crippen LogP contribution in [-0.2, 0) is 6.42 Å². The smallest absolute Gasteiger partial charge is 0.186 e. The van der Waals surface area contributed by atoms with Crippen LogP contribution in [0.15, 0.2) is 42.9 Å². The lowest BCUT2D eigenvalue weighted by Crippen LogP contribution is -2.06. The van der Waals surface area contributed by atoms with E-state index in [2.05, 4.69) is 34.2 Å². The highest BCUT2D eigenvalue weighted by molar-refractivity contribution is 5.99. The first-order chi connectivity index (χ1) is 9.36. The van der Waals surface area contributed by atoms with Gasteiger partial charge in [0.25, 0.3) is 0 Å². The van der Waals surface area contributed by atoms with E-state index in [9.17, 15) is 4.79 Å². The third-order valence-corrected chi connectivity index (χ3v) is 4.45. The van der Waals surface area contributed by atoms with Gasteiger partial charge in [-0.25, -0.2) is 4.98 Å². The van der Waals surface area contributed by atoms with Crippen LogP contribution >= 0.6 is 0 Å². The second-order valence-corrected chi connectivity index (χ2v) is 5.41. The maximum Gasteiger partial charge on any atom is 0.186 e. The third-order valence-electron chi connectivity index (χ3n) is 4.45. The SMILES string of the molecule is O=C(c1cnccn1)C1C2CCc3ccccc3C21. The fraction of sp³-hybridized carbons (Fsp3) is 0.312. The molecule has 3 atom stereocenters. The minimum Gasteiger partial charge on any atom is -0.292 e. The van der Waals surface area contributed by atoms with Gasteiger partial charge in [0.1, 0.15) is 5.69 Å². The molecular weight excluding hydrogens is 236 g/mol. The van der Waals surface area contributed by atoms with Gasteiger partial charge < -0.3 is 0 Å². The molecule has 3 heteroatoms. The van der Waals surface area contributed by atoms with E-state index in [-0.39, 0.29) is 11.7 Å². The van der Waals surface area contributed by atoms with E-state index < -0.39 is 0 Å². The zero-order chi connectivity index (χ0) is 12.8. The Balaban J connectivity index is 1.66. The van der Waals surface area contributed by atoms with E-state index >= 15 is 0 Å². The van der Waals surface area contributed by atoms with E-state index in [1.165, 1.54) is 11.1 Å². The zero-order valence-corrected chi connectivity index (χ0v) is 10.5. The van der Waals surface area contributed by atoms with Crippen molar-refractivity contribution in [1.29, 1.82) is 0 Å². The highest BCUT2D eigenvalue weighted by Gasteiger charge is 2.57. The summed E-state index contributed by atoms with van der Waals surface area (Å²) in [6.07, 6.45) is 7.00. The van der Waals surface area contributed by atoms with Crippen molar-refractivity contribution in [2.24, 2.45) is 11.8 Å². The lowest BCUT2D eigenvalue weighted by Gasteiger charge is -2.13. The summed E-state index contributed by atoms with van der Waals surface area (Å²) in [4.78, 5) is 20.6. The van der Waals surface area contributed by atoms with Crippen LogP contribution in [0.4, 0.5) is 0 Å². The molecule has 0 N–H and O–H groups in total. The standard InChI is InChI=1S/C16H14N2O/c19-16(13-9-17-7-8-18-13)15-12-6-5-10-3-1-2-4-11(10)14(12)15/h1-4,7-9,12,14-15H,5-6H2. The van der Waals surface area contributed by atoms with Crippen LogP contribution in [0.5, 0.6) is 0 Å². The van der Waals surface area contributed by atoms with Gasteiger partial charge in [0.2, 0.25) is 0 Å². The second-order valence-electron chi connectivity index (χ2n) is 5.41. The van der Waals surface area contributed by atoms with E-state index in [4.69, 9.17) is 0 Å². The molecule has 3 nitrogen and oxygen atoms in total. The molecule has 2 aromatic rings. The van der Waals surface area contributed by atoms with Crippen molar-refractivity contribution in [2.75, 3.05) is 0 Å². The minimum atomic E-state index is 0.125. The zero-order valence-electron chi connectivity index (χ0n) is 10.5. The summed E-state index contributed by atoms with van der Waals surface area (Å²) >= 11 is 0. The normalized spacial score (nSPS) is 27.3. The molecule has 1 aromatic heterocycles. The lowest BCUT2D eigenvalue weighted by atomic mass is 9.92. The molecule has 1 saturated carbocycles. The molecule has 0 bridgehead atoms. The summed E-state index contributed by atoms with van der Waals surface area (Å²) in [5.74, 6) is 1.23. The average Bonchev–Trinajstić information content (AvgIpc) is 3.22. The summed E-state index contributed by atoms with van der Waals surface area (Å²) < 4.78 is 0. The van der Waals surface area contributed by atoms with E-state index in [1.807, 2.05) is 0 Å². The molecule has 0 amide bonds. The molecule has 1 fully saturated rings. The third kappa shape index (κ3) is 1.61. The van der Waals surface area contributed by atoms with Crippen LogP contribution in [0.3, 0.4) is 0 Å². The number of nitrogens with zero attached hydrogens (tertiary/aromatic N) is 2. The number of rotatable bonds is 2. The number of benzene rings is 1. The molecular formula is C16H14N2O. The number of aromatic nitrogens is 2. The quantitative estimate of drug-likeness (QED) is 0.769. The van der Waals surface area contributed by atoms with Gasteiger partial charge in [0.05, 0.1) is 6.20 Å². The highest BCUT2D eigenvalue weighted by atomic mass is 16.1. The Morgan fingerprint density at radius 3 is 2.95 bits per heavy atom. The molecule has 1 aromatic carbocycles. The first kappa shape index (κ1) is 10.9. The molecule has 3 unspecified atom stereocenters.